The first-order valence-corrected chi connectivity index (χ1v) is 11.6. The van der Waals surface area contributed by atoms with Gasteiger partial charge in [-0.05, 0) is 62.2 Å². The van der Waals surface area contributed by atoms with Crippen LogP contribution in [0.5, 0.6) is 0 Å². The summed E-state index contributed by atoms with van der Waals surface area (Å²) in [5, 5.41) is 7.74. The quantitative estimate of drug-likeness (QED) is 0.302. The fourth-order valence-corrected chi connectivity index (χ4v) is 4.26. The van der Waals surface area contributed by atoms with E-state index in [2.05, 4.69) is 63.7 Å². The molecule has 32 heavy (non-hydrogen) atoms. The smallest absolute Gasteiger partial charge is 0.191 e. The van der Waals surface area contributed by atoms with Crippen LogP contribution in [0.3, 0.4) is 0 Å². The van der Waals surface area contributed by atoms with Gasteiger partial charge < -0.3 is 20.4 Å². The van der Waals surface area contributed by atoms with Crippen LogP contribution in [0, 0.1) is 0 Å². The molecule has 2 aromatic rings. The molecule has 8 heteroatoms. The highest BCUT2D eigenvalue weighted by Crippen LogP contribution is 2.48. The maximum Gasteiger partial charge on any atom is 0.191 e. The van der Waals surface area contributed by atoms with Crippen LogP contribution in [-0.2, 0) is 12.0 Å². The fourth-order valence-electron chi connectivity index (χ4n) is 4.07. The van der Waals surface area contributed by atoms with Crippen LogP contribution >= 0.6 is 35.6 Å². The van der Waals surface area contributed by atoms with Crippen molar-refractivity contribution in [2.24, 2.45) is 4.99 Å². The monoisotopic (exact) mass is 568 g/mol. The molecule has 1 saturated carbocycles. The zero-order valence-electron chi connectivity index (χ0n) is 19.0. The Kier molecular flexibility index (Phi) is 9.02. The zero-order valence-corrected chi connectivity index (χ0v) is 22.1. The average molecular weight is 569 g/mol. The predicted molar refractivity (Wildman–Crippen MR) is 145 cm³/mol. The number of rotatable bonds is 7. The first-order valence-electron chi connectivity index (χ1n) is 11.2. The largest absolute Gasteiger partial charge is 0.357 e. The molecule has 1 aliphatic carbocycles. The van der Waals surface area contributed by atoms with E-state index < -0.39 is 0 Å². The fraction of sp³-hybridized carbons (Fsp3) is 0.500. The molecule has 0 amide bonds. The minimum atomic E-state index is 0. The molecule has 0 radical (unpaired) electrons. The van der Waals surface area contributed by atoms with Crippen molar-refractivity contribution in [3.63, 3.8) is 0 Å². The summed E-state index contributed by atoms with van der Waals surface area (Å²) in [5.41, 5.74) is 2.67. The normalized spacial score (nSPS) is 18.1. The van der Waals surface area contributed by atoms with Crippen LogP contribution in [0.25, 0.3) is 0 Å². The number of likely N-dealkylation sites (N-methyl/N-ethyl adjacent to an activating group) is 1. The van der Waals surface area contributed by atoms with E-state index >= 15 is 0 Å². The molecule has 2 fully saturated rings. The Balaban J connectivity index is 0.00000289. The van der Waals surface area contributed by atoms with Gasteiger partial charge in [0.1, 0.15) is 5.82 Å². The number of hydrogen-bond acceptors (Lipinski definition) is 4. The van der Waals surface area contributed by atoms with Crippen molar-refractivity contribution < 1.29 is 0 Å². The lowest BCUT2D eigenvalue weighted by molar-refractivity contribution is 0.312. The van der Waals surface area contributed by atoms with Crippen molar-refractivity contribution >= 4 is 47.4 Å². The van der Waals surface area contributed by atoms with E-state index in [9.17, 15) is 0 Å². The molecule has 0 atom stereocenters. The van der Waals surface area contributed by atoms with E-state index in [-0.39, 0.29) is 29.4 Å². The second-order valence-electron chi connectivity index (χ2n) is 8.65. The van der Waals surface area contributed by atoms with Crippen LogP contribution in [0.2, 0.25) is 5.02 Å². The Morgan fingerprint density at radius 1 is 1.12 bits per heavy atom. The molecule has 4 rings (SSSR count). The number of aliphatic imine (C=N–C) groups is 1. The Labute approximate surface area is 213 Å². The highest BCUT2D eigenvalue weighted by atomic mass is 127. The first kappa shape index (κ1) is 25.1. The molecule has 2 N–H and O–H groups in total. The number of hydrogen-bond donors (Lipinski definition) is 2. The summed E-state index contributed by atoms with van der Waals surface area (Å²) in [6.07, 6.45) is 4.26. The van der Waals surface area contributed by atoms with Gasteiger partial charge in [-0.15, -0.1) is 24.0 Å². The molecule has 1 aromatic heterocycles. The van der Waals surface area contributed by atoms with Gasteiger partial charge in [-0.1, -0.05) is 23.7 Å². The van der Waals surface area contributed by atoms with E-state index in [1.54, 1.807) is 0 Å². The summed E-state index contributed by atoms with van der Waals surface area (Å²) >= 11 is 6.22. The zero-order chi connectivity index (χ0) is 21.7. The summed E-state index contributed by atoms with van der Waals surface area (Å²) in [7, 11) is 2.17. The van der Waals surface area contributed by atoms with Crippen molar-refractivity contribution in [2.75, 3.05) is 51.2 Å². The molecule has 6 nitrogen and oxygen atoms in total. The van der Waals surface area contributed by atoms with E-state index in [1.165, 1.54) is 24.0 Å². The van der Waals surface area contributed by atoms with Gasteiger partial charge >= 0.3 is 0 Å². The topological polar surface area (TPSA) is 55.8 Å². The molecular formula is C24H34ClIN6. The summed E-state index contributed by atoms with van der Waals surface area (Å²) in [4.78, 5) is 14.1. The van der Waals surface area contributed by atoms with E-state index in [0.29, 0.717) is 6.54 Å². The molecule has 174 valence electrons. The van der Waals surface area contributed by atoms with E-state index in [4.69, 9.17) is 16.6 Å². The number of anilines is 1. The average Bonchev–Trinajstić information content (AvgIpc) is 3.58. The van der Waals surface area contributed by atoms with Gasteiger partial charge in [0.25, 0.3) is 0 Å². The Morgan fingerprint density at radius 3 is 2.59 bits per heavy atom. The van der Waals surface area contributed by atoms with Crippen molar-refractivity contribution in [1.82, 2.24) is 20.5 Å². The maximum absolute atomic E-state index is 6.22. The van der Waals surface area contributed by atoms with Gasteiger partial charge in [0, 0.05) is 55.9 Å². The van der Waals surface area contributed by atoms with Crippen molar-refractivity contribution in [3.8, 4) is 0 Å². The summed E-state index contributed by atoms with van der Waals surface area (Å²) in [6, 6.07) is 12.5. The highest BCUT2D eigenvalue weighted by molar-refractivity contribution is 14.0. The number of aromatic nitrogens is 1. The Hall–Kier alpha value is -1.58. The number of halogens is 2. The van der Waals surface area contributed by atoms with Crippen molar-refractivity contribution in [2.45, 2.75) is 31.7 Å². The summed E-state index contributed by atoms with van der Waals surface area (Å²) in [6.45, 7) is 8.61. The third-order valence-corrected chi connectivity index (χ3v) is 6.52. The second kappa shape index (κ2) is 11.5. The summed E-state index contributed by atoms with van der Waals surface area (Å²) in [5.74, 6) is 1.91. The minimum Gasteiger partial charge on any atom is -0.357 e. The van der Waals surface area contributed by atoms with Gasteiger partial charge in [-0.25, -0.2) is 9.98 Å². The third-order valence-electron chi connectivity index (χ3n) is 6.29. The standard InChI is InChI=1S/C24H33ClN6.HI/c1-3-26-23(29-18-24(8-9-24)20-5-4-6-21(25)16-20)28-17-19-7-10-27-22(15-19)31-13-11-30(2)12-14-31;/h4-7,10,15-16H,3,8-9,11-14,17-18H2,1-2H3,(H2,26,28,29);1H. The van der Waals surface area contributed by atoms with Crippen LogP contribution in [0.15, 0.2) is 47.6 Å². The number of piperazine rings is 1. The SMILES string of the molecule is CCNC(=NCc1ccnc(N2CCN(C)CC2)c1)NCC1(c2cccc(Cl)c2)CC1.I. The van der Waals surface area contributed by atoms with Crippen molar-refractivity contribution in [3.05, 3.63) is 58.7 Å². The van der Waals surface area contributed by atoms with E-state index in [0.717, 1.165) is 56.1 Å². The Morgan fingerprint density at radius 2 is 1.91 bits per heavy atom. The molecule has 2 aliphatic rings. The van der Waals surface area contributed by atoms with Gasteiger partial charge in [0.15, 0.2) is 5.96 Å². The lowest BCUT2D eigenvalue weighted by atomic mass is 9.96. The molecule has 2 heterocycles. The van der Waals surface area contributed by atoms with Gasteiger partial charge in [-0.2, -0.15) is 0 Å². The molecule has 0 unspecified atom stereocenters. The Bertz CT molecular complexity index is 909. The van der Waals surface area contributed by atoms with Crippen LogP contribution in [-0.4, -0.2) is 62.2 Å². The lowest BCUT2D eigenvalue weighted by Gasteiger charge is -2.33. The third kappa shape index (κ3) is 6.48. The number of guanidine groups is 1. The molecule has 1 aromatic carbocycles. The molecule has 0 spiro atoms. The predicted octanol–water partition coefficient (Wildman–Crippen LogP) is 3.89. The lowest BCUT2D eigenvalue weighted by Crippen LogP contribution is -2.44. The van der Waals surface area contributed by atoms with E-state index in [1.807, 2.05) is 18.3 Å². The number of nitrogens with zero attached hydrogens (tertiary/aromatic N) is 4. The highest BCUT2D eigenvalue weighted by Gasteiger charge is 2.44. The maximum atomic E-state index is 6.22. The van der Waals surface area contributed by atoms with Gasteiger partial charge in [0.2, 0.25) is 0 Å². The number of nitrogens with one attached hydrogen (secondary N) is 2. The first-order chi connectivity index (χ1) is 15.1. The minimum absolute atomic E-state index is 0. The van der Waals surface area contributed by atoms with Crippen LogP contribution in [0.1, 0.15) is 30.9 Å². The molecule has 1 saturated heterocycles. The van der Waals surface area contributed by atoms with Crippen LogP contribution < -0.4 is 15.5 Å². The van der Waals surface area contributed by atoms with Gasteiger partial charge in [0.05, 0.1) is 6.54 Å². The van der Waals surface area contributed by atoms with Gasteiger partial charge in [-0.3, -0.25) is 0 Å². The second-order valence-corrected chi connectivity index (χ2v) is 9.09. The number of pyridine rings is 1. The van der Waals surface area contributed by atoms with Crippen LogP contribution in [0.4, 0.5) is 5.82 Å². The summed E-state index contributed by atoms with van der Waals surface area (Å²) < 4.78 is 0. The number of benzene rings is 1. The molecule has 0 bridgehead atoms. The van der Waals surface area contributed by atoms with Crippen molar-refractivity contribution in [1.29, 1.82) is 0 Å². The molecular weight excluding hydrogens is 535 g/mol. The molecule has 1 aliphatic heterocycles.